The summed E-state index contributed by atoms with van der Waals surface area (Å²) in [7, 11) is 1.64. The van der Waals surface area contributed by atoms with E-state index in [1.54, 1.807) is 19.3 Å². The highest BCUT2D eigenvalue weighted by atomic mass is 16.5. The number of carbonyl (C=O) groups is 1. The van der Waals surface area contributed by atoms with Gasteiger partial charge in [0.1, 0.15) is 5.75 Å². The maximum Gasteiger partial charge on any atom is 0.178 e. The molecule has 0 saturated carbocycles. The Hall–Kier alpha value is -2.09. The summed E-state index contributed by atoms with van der Waals surface area (Å²) in [5, 5.41) is 0. The summed E-state index contributed by atoms with van der Waals surface area (Å²) in [4.78, 5) is 12.1. The zero-order chi connectivity index (χ0) is 16.9. The SMILES string of the molecule is COc1ccc(/C=C/C(=O)/C=C/C2C(C)=CCCC2(C)C)cc1. The fourth-order valence-electron chi connectivity index (χ4n) is 3.12. The Labute approximate surface area is 139 Å². The molecule has 0 aliphatic heterocycles. The average Bonchev–Trinajstić information content (AvgIpc) is 2.52. The van der Waals surface area contributed by atoms with Crippen LogP contribution in [0.2, 0.25) is 0 Å². The molecule has 2 heteroatoms. The molecule has 1 aromatic rings. The van der Waals surface area contributed by atoms with Gasteiger partial charge >= 0.3 is 0 Å². The molecule has 1 aliphatic carbocycles. The van der Waals surface area contributed by atoms with E-state index in [9.17, 15) is 4.79 Å². The van der Waals surface area contributed by atoms with Gasteiger partial charge in [-0.1, -0.05) is 49.8 Å². The molecule has 1 aliphatic rings. The number of rotatable bonds is 5. The second-order valence-electron chi connectivity index (χ2n) is 6.82. The molecule has 1 atom stereocenters. The smallest absolute Gasteiger partial charge is 0.178 e. The van der Waals surface area contributed by atoms with E-state index < -0.39 is 0 Å². The Morgan fingerprint density at radius 3 is 2.52 bits per heavy atom. The first-order valence-corrected chi connectivity index (χ1v) is 8.13. The molecule has 0 saturated heterocycles. The van der Waals surface area contributed by atoms with Gasteiger partial charge in [0.05, 0.1) is 7.11 Å². The van der Waals surface area contributed by atoms with Crippen molar-refractivity contribution in [1.29, 1.82) is 0 Å². The first-order chi connectivity index (χ1) is 10.9. The first kappa shape index (κ1) is 17.3. The molecule has 122 valence electrons. The molecule has 1 unspecified atom stereocenters. The third-order valence-electron chi connectivity index (χ3n) is 4.60. The number of methoxy groups -OCH3 is 1. The minimum absolute atomic E-state index is 0.0231. The summed E-state index contributed by atoms with van der Waals surface area (Å²) in [6.45, 7) is 6.71. The van der Waals surface area contributed by atoms with Crippen LogP contribution in [-0.2, 0) is 4.79 Å². The standard InChI is InChI=1S/C21H26O2/c1-16-6-5-15-21(2,3)20(16)14-11-18(22)10-7-17-8-12-19(23-4)13-9-17/h6-14,20H,5,15H2,1-4H3/b10-7+,14-11+. The Morgan fingerprint density at radius 1 is 1.22 bits per heavy atom. The number of benzene rings is 1. The van der Waals surface area contributed by atoms with Crippen molar-refractivity contribution < 1.29 is 9.53 Å². The van der Waals surface area contributed by atoms with Crippen LogP contribution in [0.1, 0.15) is 39.2 Å². The average molecular weight is 310 g/mol. The number of hydrogen-bond donors (Lipinski definition) is 0. The van der Waals surface area contributed by atoms with E-state index in [2.05, 4.69) is 32.9 Å². The van der Waals surface area contributed by atoms with Crippen LogP contribution in [0.4, 0.5) is 0 Å². The van der Waals surface area contributed by atoms with Gasteiger partial charge < -0.3 is 4.74 Å². The Kier molecular flexibility index (Phi) is 5.59. The number of ketones is 1. The lowest BCUT2D eigenvalue weighted by Crippen LogP contribution is -2.26. The molecule has 0 radical (unpaired) electrons. The lowest BCUT2D eigenvalue weighted by molar-refractivity contribution is -0.110. The van der Waals surface area contributed by atoms with Gasteiger partial charge in [-0.2, -0.15) is 0 Å². The first-order valence-electron chi connectivity index (χ1n) is 8.13. The van der Waals surface area contributed by atoms with Crippen molar-refractivity contribution in [2.75, 3.05) is 7.11 Å². The van der Waals surface area contributed by atoms with Crippen molar-refractivity contribution in [3.8, 4) is 5.75 Å². The highest BCUT2D eigenvalue weighted by Crippen LogP contribution is 2.41. The topological polar surface area (TPSA) is 26.3 Å². The highest BCUT2D eigenvalue weighted by Gasteiger charge is 2.30. The monoisotopic (exact) mass is 310 g/mol. The predicted molar refractivity (Wildman–Crippen MR) is 96.4 cm³/mol. The number of ether oxygens (including phenoxy) is 1. The van der Waals surface area contributed by atoms with Crippen LogP contribution in [0.3, 0.4) is 0 Å². The molecule has 0 aromatic heterocycles. The summed E-state index contributed by atoms with van der Waals surface area (Å²) in [6.07, 6.45) is 11.8. The minimum Gasteiger partial charge on any atom is -0.497 e. The van der Waals surface area contributed by atoms with Crippen LogP contribution in [0.15, 0.2) is 54.1 Å². The van der Waals surface area contributed by atoms with Gasteiger partial charge in [0, 0.05) is 5.92 Å². The molecule has 1 aromatic carbocycles. The fraction of sp³-hybridized carbons (Fsp3) is 0.381. The second kappa shape index (κ2) is 7.45. The molecule has 2 nitrogen and oxygen atoms in total. The fourth-order valence-corrected chi connectivity index (χ4v) is 3.12. The molecule has 0 bridgehead atoms. The third kappa shape index (κ3) is 4.69. The van der Waals surface area contributed by atoms with Gasteiger partial charge in [0.15, 0.2) is 5.78 Å². The summed E-state index contributed by atoms with van der Waals surface area (Å²) < 4.78 is 5.12. The molecule has 2 rings (SSSR count). The van der Waals surface area contributed by atoms with Gasteiger partial charge in [-0.3, -0.25) is 4.79 Å². The van der Waals surface area contributed by atoms with Crippen LogP contribution in [0, 0.1) is 11.3 Å². The van der Waals surface area contributed by atoms with E-state index in [-0.39, 0.29) is 11.2 Å². The number of carbonyl (C=O) groups excluding carboxylic acids is 1. The summed E-state index contributed by atoms with van der Waals surface area (Å²) in [5.74, 6) is 1.18. The molecule has 0 fully saturated rings. The van der Waals surface area contributed by atoms with Gasteiger partial charge in [0.2, 0.25) is 0 Å². The summed E-state index contributed by atoms with van der Waals surface area (Å²) in [6, 6.07) is 7.64. The Balaban J connectivity index is 2.01. The maximum absolute atomic E-state index is 12.1. The normalized spacial score (nSPS) is 20.7. The molecular weight excluding hydrogens is 284 g/mol. The largest absolute Gasteiger partial charge is 0.497 e. The molecule has 0 heterocycles. The van der Waals surface area contributed by atoms with Crippen molar-refractivity contribution in [3.63, 3.8) is 0 Å². The van der Waals surface area contributed by atoms with Gasteiger partial charge in [0.25, 0.3) is 0 Å². The van der Waals surface area contributed by atoms with Gasteiger partial charge in [-0.05, 0) is 55.0 Å². The van der Waals surface area contributed by atoms with Crippen LogP contribution in [0.25, 0.3) is 6.08 Å². The summed E-state index contributed by atoms with van der Waals surface area (Å²) in [5.41, 5.74) is 2.57. The van der Waals surface area contributed by atoms with Gasteiger partial charge in [-0.25, -0.2) is 0 Å². The lowest BCUT2D eigenvalue weighted by atomic mass is 9.68. The van der Waals surface area contributed by atoms with Crippen LogP contribution >= 0.6 is 0 Å². The van der Waals surface area contributed by atoms with Crippen LogP contribution in [-0.4, -0.2) is 12.9 Å². The van der Waals surface area contributed by atoms with Crippen molar-refractivity contribution in [2.45, 2.75) is 33.6 Å². The zero-order valence-electron chi connectivity index (χ0n) is 14.5. The van der Waals surface area contributed by atoms with Crippen molar-refractivity contribution in [2.24, 2.45) is 11.3 Å². The van der Waals surface area contributed by atoms with Crippen LogP contribution < -0.4 is 4.74 Å². The molecular formula is C21H26O2. The summed E-state index contributed by atoms with van der Waals surface area (Å²) >= 11 is 0. The third-order valence-corrected chi connectivity index (χ3v) is 4.60. The van der Waals surface area contributed by atoms with E-state index in [1.807, 2.05) is 30.3 Å². The van der Waals surface area contributed by atoms with E-state index >= 15 is 0 Å². The number of hydrogen-bond acceptors (Lipinski definition) is 2. The molecule has 23 heavy (non-hydrogen) atoms. The van der Waals surface area contributed by atoms with E-state index in [1.165, 1.54) is 5.57 Å². The van der Waals surface area contributed by atoms with E-state index in [0.29, 0.717) is 5.92 Å². The minimum atomic E-state index is 0.0231. The van der Waals surface area contributed by atoms with Crippen molar-refractivity contribution >= 4 is 11.9 Å². The maximum atomic E-state index is 12.1. The quantitative estimate of drug-likeness (QED) is 0.551. The van der Waals surface area contributed by atoms with Crippen LogP contribution in [0.5, 0.6) is 5.75 Å². The molecule has 0 spiro atoms. The van der Waals surface area contributed by atoms with E-state index in [0.717, 1.165) is 24.2 Å². The number of allylic oxidation sites excluding steroid dienone is 5. The van der Waals surface area contributed by atoms with E-state index in [4.69, 9.17) is 4.74 Å². The van der Waals surface area contributed by atoms with Crippen molar-refractivity contribution in [1.82, 2.24) is 0 Å². The van der Waals surface area contributed by atoms with Crippen molar-refractivity contribution in [3.05, 3.63) is 59.7 Å². The van der Waals surface area contributed by atoms with Gasteiger partial charge in [-0.15, -0.1) is 0 Å². The Morgan fingerprint density at radius 2 is 1.91 bits per heavy atom. The Bertz CT molecular complexity index is 630. The zero-order valence-corrected chi connectivity index (χ0v) is 14.5. The second-order valence-corrected chi connectivity index (χ2v) is 6.82. The predicted octanol–water partition coefficient (Wildman–Crippen LogP) is 5.22. The highest BCUT2D eigenvalue weighted by molar-refractivity contribution is 6.02. The lowest BCUT2D eigenvalue weighted by Gasteiger charge is -2.36. The molecule has 0 N–H and O–H groups in total. The molecule has 0 amide bonds.